The first kappa shape index (κ1) is 16.4. The van der Waals surface area contributed by atoms with Gasteiger partial charge in [0.25, 0.3) is 0 Å². The largest absolute Gasteiger partial charge is 0.496 e. The van der Waals surface area contributed by atoms with Crippen molar-refractivity contribution in [3.8, 4) is 5.75 Å². The molecule has 0 aliphatic carbocycles. The van der Waals surface area contributed by atoms with E-state index < -0.39 is 0 Å². The maximum absolute atomic E-state index is 13.3. The Hall–Kier alpha value is -1.62. The molecule has 0 aliphatic heterocycles. The SMILES string of the molecule is COc1ccc(F)cc1C(C)NC(=O)CC(N)C(C)C. The Morgan fingerprint density at radius 2 is 2.05 bits per heavy atom. The fraction of sp³-hybridized carbons (Fsp3) is 0.533. The van der Waals surface area contributed by atoms with E-state index in [4.69, 9.17) is 10.5 Å². The summed E-state index contributed by atoms with van der Waals surface area (Å²) in [5.41, 5.74) is 6.48. The topological polar surface area (TPSA) is 64.3 Å². The van der Waals surface area contributed by atoms with E-state index in [1.54, 1.807) is 13.0 Å². The fourth-order valence-corrected chi connectivity index (χ4v) is 1.87. The van der Waals surface area contributed by atoms with Crippen LogP contribution in [-0.4, -0.2) is 19.1 Å². The molecule has 0 aromatic heterocycles. The van der Waals surface area contributed by atoms with E-state index in [-0.39, 0.29) is 36.1 Å². The number of hydrogen-bond acceptors (Lipinski definition) is 3. The molecule has 0 saturated heterocycles. The van der Waals surface area contributed by atoms with Gasteiger partial charge in [0.05, 0.1) is 13.2 Å². The number of amides is 1. The van der Waals surface area contributed by atoms with Crippen molar-refractivity contribution >= 4 is 5.91 Å². The van der Waals surface area contributed by atoms with Crippen molar-refractivity contribution in [1.82, 2.24) is 5.32 Å². The molecule has 0 heterocycles. The molecule has 0 fully saturated rings. The van der Waals surface area contributed by atoms with E-state index in [1.165, 1.54) is 19.2 Å². The zero-order valence-electron chi connectivity index (χ0n) is 12.4. The Bertz CT molecular complexity index is 463. The van der Waals surface area contributed by atoms with Gasteiger partial charge in [0.2, 0.25) is 5.91 Å². The molecule has 20 heavy (non-hydrogen) atoms. The Labute approximate surface area is 119 Å². The van der Waals surface area contributed by atoms with Gasteiger partial charge in [-0.15, -0.1) is 0 Å². The number of halogens is 1. The smallest absolute Gasteiger partial charge is 0.222 e. The minimum absolute atomic E-state index is 0.148. The minimum Gasteiger partial charge on any atom is -0.496 e. The number of hydrogen-bond donors (Lipinski definition) is 2. The summed E-state index contributed by atoms with van der Waals surface area (Å²) < 4.78 is 18.5. The first-order valence-corrected chi connectivity index (χ1v) is 6.73. The predicted octanol–water partition coefficient (Wildman–Crippen LogP) is 2.38. The second-order valence-electron chi connectivity index (χ2n) is 5.29. The second kappa shape index (κ2) is 7.24. The van der Waals surface area contributed by atoms with Crippen LogP contribution < -0.4 is 15.8 Å². The molecule has 0 saturated carbocycles. The van der Waals surface area contributed by atoms with Crippen molar-refractivity contribution in [1.29, 1.82) is 0 Å². The minimum atomic E-state index is -0.360. The Balaban J connectivity index is 2.73. The van der Waals surface area contributed by atoms with Crippen LogP contribution in [0.25, 0.3) is 0 Å². The van der Waals surface area contributed by atoms with Crippen LogP contribution in [0.1, 0.15) is 38.8 Å². The first-order chi connectivity index (χ1) is 9.35. The van der Waals surface area contributed by atoms with E-state index in [2.05, 4.69) is 5.32 Å². The summed E-state index contributed by atoms with van der Waals surface area (Å²) in [6.07, 6.45) is 0.250. The molecular formula is C15H23FN2O2. The number of nitrogens with one attached hydrogen (secondary N) is 1. The third-order valence-corrected chi connectivity index (χ3v) is 3.31. The third kappa shape index (κ3) is 4.49. The zero-order valence-corrected chi connectivity index (χ0v) is 12.4. The third-order valence-electron chi connectivity index (χ3n) is 3.31. The van der Waals surface area contributed by atoms with Crippen LogP contribution in [0.3, 0.4) is 0 Å². The molecule has 1 rings (SSSR count). The van der Waals surface area contributed by atoms with E-state index in [0.29, 0.717) is 11.3 Å². The van der Waals surface area contributed by atoms with Gasteiger partial charge in [0.15, 0.2) is 0 Å². The fourth-order valence-electron chi connectivity index (χ4n) is 1.87. The molecule has 1 amide bonds. The summed E-state index contributed by atoms with van der Waals surface area (Å²) >= 11 is 0. The summed E-state index contributed by atoms with van der Waals surface area (Å²) in [5.74, 6) is 0.276. The van der Waals surface area contributed by atoms with E-state index >= 15 is 0 Å². The number of carbonyl (C=O) groups excluding carboxylic acids is 1. The lowest BCUT2D eigenvalue weighted by Crippen LogP contribution is -2.36. The predicted molar refractivity (Wildman–Crippen MR) is 76.9 cm³/mol. The molecule has 112 valence electrons. The lowest BCUT2D eigenvalue weighted by atomic mass is 10.0. The number of carbonyl (C=O) groups is 1. The number of ether oxygens (including phenoxy) is 1. The van der Waals surface area contributed by atoms with Gasteiger partial charge in [-0.05, 0) is 31.0 Å². The van der Waals surface area contributed by atoms with Crippen molar-refractivity contribution in [2.24, 2.45) is 11.7 Å². The van der Waals surface area contributed by atoms with Gasteiger partial charge in [0.1, 0.15) is 11.6 Å². The van der Waals surface area contributed by atoms with Gasteiger partial charge in [-0.3, -0.25) is 4.79 Å². The average Bonchev–Trinajstić information content (AvgIpc) is 2.38. The van der Waals surface area contributed by atoms with Crippen molar-refractivity contribution in [2.45, 2.75) is 39.3 Å². The standard InChI is InChI=1S/C15H23FN2O2/c1-9(2)13(17)8-15(19)18-10(3)12-7-11(16)5-6-14(12)20-4/h5-7,9-10,13H,8,17H2,1-4H3,(H,18,19). The van der Waals surface area contributed by atoms with Crippen LogP contribution in [0, 0.1) is 11.7 Å². The van der Waals surface area contributed by atoms with Crippen LogP contribution in [-0.2, 0) is 4.79 Å². The van der Waals surface area contributed by atoms with Crippen LogP contribution in [0.4, 0.5) is 4.39 Å². The molecule has 4 nitrogen and oxygen atoms in total. The number of nitrogens with two attached hydrogens (primary N) is 1. The Morgan fingerprint density at radius 3 is 2.60 bits per heavy atom. The molecule has 1 aromatic rings. The highest BCUT2D eigenvalue weighted by atomic mass is 19.1. The monoisotopic (exact) mass is 282 g/mol. The zero-order chi connectivity index (χ0) is 15.3. The summed E-state index contributed by atoms with van der Waals surface area (Å²) in [6.45, 7) is 5.73. The van der Waals surface area contributed by atoms with E-state index in [9.17, 15) is 9.18 Å². The van der Waals surface area contributed by atoms with Gasteiger partial charge in [-0.25, -0.2) is 4.39 Å². The highest BCUT2D eigenvalue weighted by molar-refractivity contribution is 5.77. The van der Waals surface area contributed by atoms with Crippen molar-refractivity contribution in [2.75, 3.05) is 7.11 Å². The van der Waals surface area contributed by atoms with Crippen LogP contribution in [0.15, 0.2) is 18.2 Å². The van der Waals surface area contributed by atoms with Crippen LogP contribution >= 0.6 is 0 Å². The summed E-state index contributed by atoms with van der Waals surface area (Å²) in [6, 6.07) is 3.72. The van der Waals surface area contributed by atoms with Crippen LogP contribution in [0.5, 0.6) is 5.75 Å². The van der Waals surface area contributed by atoms with Crippen LogP contribution in [0.2, 0.25) is 0 Å². The highest BCUT2D eigenvalue weighted by Gasteiger charge is 2.18. The summed E-state index contributed by atoms with van der Waals surface area (Å²) in [7, 11) is 1.51. The first-order valence-electron chi connectivity index (χ1n) is 6.73. The molecule has 3 N–H and O–H groups in total. The van der Waals surface area contributed by atoms with Gasteiger partial charge in [-0.1, -0.05) is 13.8 Å². The molecule has 1 aromatic carbocycles. The van der Waals surface area contributed by atoms with Gasteiger partial charge >= 0.3 is 0 Å². The Kier molecular flexibility index (Phi) is 5.95. The van der Waals surface area contributed by atoms with Gasteiger partial charge < -0.3 is 15.8 Å². The number of benzene rings is 1. The molecule has 2 atom stereocenters. The van der Waals surface area contributed by atoms with Crippen molar-refractivity contribution in [3.05, 3.63) is 29.6 Å². The molecule has 5 heteroatoms. The Morgan fingerprint density at radius 1 is 1.40 bits per heavy atom. The average molecular weight is 282 g/mol. The number of methoxy groups -OCH3 is 1. The molecular weight excluding hydrogens is 259 g/mol. The summed E-state index contributed by atoms with van der Waals surface area (Å²) in [5, 5.41) is 2.82. The lowest BCUT2D eigenvalue weighted by molar-refractivity contribution is -0.122. The lowest BCUT2D eigenvalue weighted by Gasteiger charge is -2.20. The highest BCUT2D eigenvalue weighted by Crippen LogP contribution is 2.25. The van der Waals surface area contributed by atoms with Gasteiger partial charge in [-0.2, -0.15) is 0 Å². The molecule has 0 bridgehead atoms. The van der Waals surface area contributed by atoms with Crippen molar-refractivity contribution < 1.29 is 13.9 Å². The number of rotatable bonds is 6. The maximum Gasteiger partial charge on any atom is 0.222 e. The van der Waals surface area contributed by atoms with E-state index in [1.807, 2.05) is 13.8 Å². The molecule has 0 aliphatic rings. The quantitative estimate of drug-likeness (QED) is 0.842. The molecule has 2 unspecified atom stereocenters. The maximum atomic E-state index is 13.3. The van der Waals surface area contributed by atoms with E-state index in [0.717, 1.165) is 0 Å². The van der Waals surface area contributed by atoms with Gasteiger partial charge in [0, 0.05) is 18.0 Å². The molecule has 0 radical (unpaired) electrons. The second-order valence-corrected chi connectivity index (χ2v) is 5.29. The summed E-state index contributed by atoms with van der Waals surface area (Å²) in [4.78, 5) is 11.9. The molecule has 0 spiro atoms. The van der Waals surface area contributed by atoms with Crippen molar-refractivity contribution in [3.63, 3.8) is 0 Å². The normalized spacial score (nSPS) is 13.9.